The summed E-state index contributed by atoms with van der Waals surface area (Å²) in [5.74, 6) is -1.90. The van der Waals surface area contributed by atoms with Gasteiger partial charge >= 0.3 is 18.0 Å². The van der Waals surface area contributed by atoms with Gasteiger partial charge in [-0.05, 0) is 50.8 Å². The average molecular weight is 610 g/mol. The van der Waals surface area contributed by atoms with E-state index in [9.17, 15) is 19.2 Å². The monoisotopic (exact) mass is 609 g/mol. The summed E-state index contributed by atoms with van der Waals surface area (Å²) in [5.41, 5.74) is 7.70. The van der Waals surface area contributed by atoms with Gasteiger partial charge in [0, 0.05) is 29.7 Å². The molecule has 0 unspecified atom stereocenters. The fourth-order valence-corrected chi connectivity index (χ4v) is 4.86. The minimum atomic E-state index is -1.12. The number of aromatic nitrogens is 1. The van der Waals surface area contributed by atoms with Crippen molar-refractivity contribution in [2.75, 3.05) is 20.8 Å². The van der Waals surface area contributed by atoms with E-state index in [2.05, 4.69) is 20.9 Å². The maximum absolute atomic E-state index is 13.1. The normalized spacial score (nSPS) is 14.2. The van der Waals surface area contributed by atoms with Gasteiger partial charge in [-0.25, -0.2) is 4.79 Å². The highest BCUT2D eigenvalue weighted by Gasteiger charge is 2.33. The van der Waals surface area contributed by atoms with Gasteiger partial charge in [-0.15, -0.1) is 0 Å². The molecule has 2 aromatic carbocycles. The first kappa shape index (κ1) is 34.1. The van der Waals surface area contributed by atoms with E-state index in [1.807, 2.05) is 60.8 Å². The molecule has 0 bridgehead atoms. The summed E-state index contributed by atoms with van der Waals surface area (Å²) in [6, 6.07) is 13.8. The van der Waals surface area contributed by atoms with Crippen molar-refractivity contribution in [3.63, 3.8) is 0 Å². The summed E-state index contributed by atoms with van der Waals surface area (Å²) >= 11 is 0. The highest BCUT2D eigenvalue weighted by atomic mass is 16.6. The van der Waals surface area contributed by atoms with Gasteiger partial charge < -0.3 is 35.6 Å². The molecule has 0 aliphatic rings. The van der Waals surface area contributed by atoms with Crippen LogP contribution in [0.5, 0.6) is 0 Å². The maximum atomic E-state index is 13.1. The number of H-pyrrole nitrogens is 1. The SMILES string of the molecule is COC(=O)C[C@H](N[C@H](CN[C@@H](Cc1ccccc1)C(N)=O)[C@H](Cc1c[nH]c2ccccc12)NC(=O)OC(C)(C)C)C(=O)OC. The van der Waals surface area contributed by atoms with E-state index in [1.54, 1.807) is 20.8 Å². The molecule has 0 aliphatic heterocycles. The number of nitrogens with one attached hydrogen (secondary N) is 4. The van der Waals surface area contributed by atoms with E-state index in [-0.39, 0.29) is 13.0 Å². The average Bonchev–Trinajstić information content (AvgIpc) is 3.39. The molecule has 0 radical (unpaired) electrons. The highest BCUT2D eigenvalue weighted by Crippen LogP contribution is 2.21. The van der Waals surface area contributed by atoms with Gasteiger partial charge in [-0.1, -0.05) is 48.5 Å². The Labute approximate surface area is 257 Å². The van der Waals surface area contributed by atoms with Crippen molar-refractivity contribution in [3.8, 4) is 0 Å². The molecule has 6 N–H and O–H groups in total. The Balaban J connectivity index is 1.99. The molecule has 0 saturated heterocycles. The Morgan fingerprint density at radius 3 is 2.20 bits per heavy atom. The largest absolute Gasteiger partial charge is 0.469 e. The molecule has 12 heteroatoms. The molecule has 0 saturated carbocycles. The van der Waals surface area contributed by atoms with Crippen molar-refractivity contribution in [3.05, 3.63) is 71.9 Å². The van der Waals surface area contributed by atoms with Crippen LogP contribution in [0.25, 0.3) is 10.9 Å². The molecular formula is C32H43N5O7. The molecule has 4 atom stereocenters. The number of alkyl carbamates (subject to hydrolysis) is 1. The van der Waals surface area contributed by atoms with Crippen molar-refractivity contribution in [1.29, 1.82) is 0 Å². The van der Waals surface area contributed by atoms with Gasteiger partial charge in [0.15, 0.2) is 0 Å². The topological polar surface area (TPSA) is 174 Å². The molecule has 0 spiro atoms. The van der Waals surface area contributed by atoms with Crippen LogP contribution in [0, 0.1) is 0 Å². The standard InChI is InChI=1S/C32H43N5O7/c1-32(2,3)44-31(41)37-24(16-21-18-34-23-14-10-9-13-22(21)23)27(36-26(30(40)43-5)17-28(38)42-4)19-35-25(29(33)39)15-20-11-7-6-8-12-20/h6-14,18,24-27,34-36H,15-17,19H2,1-5H3,(H2,33,39)(H,37,41)/t24-,25-,26-,27+/m0/s1. The van der Waals surface area contributed by atoms with Gasteiger partial charge in [0.1, 0.15) is 11.6 Å². The van der Waals surface area contributed by atoms with Gasteiger partial charge in [0.2, 0.25) is 5.91 Å². The Kier molecular flexibility index (Phi) is 12.3. The Bertz CT molecular complexity index is 1400. The van der Waals surface area contributed by atoms with Gasteiger partial charge in [-0.3, -0.25) is 19.7 Å². The molecule has 3 aromatic rings. The van der Waals surface area contributed by atoms with Gasteiger partial charge in [0.05, 0.1) is 32.7 Å². The van der Waals surface area contributed by atoms with Crippen molar-refractivity contribution < 1.29 is 33.4 Å². The second kappa shape index (κ2) is 15.9. The van der Waals surface area contributed by atoms with E-state index in [0.717, 1.165) is 22.0 Å². The first-order valence-electron chi connectivity index (χ1n) is 14.4. The third-order valence-corrected chi connectivity index (χ3v) is 7.01. The van der Waals surface area contributed by atoms with E-state index < -0.39 is 53.7 Å². The van der Waals surface area contributed by atoms with Crippen LogP contribution in [0.1, 0.15) is 38.3 Å². The first-order valence-corrected chi connectivity index (χ1v) is 14.4. The van der Waals surface area contributed by atoms with Crippen LogP contribution in [0.4, 0.5) is 4.79 Å². The number of nitrogens with two attached hydrogens (primary N) is 1. The molecule has 12 nitrogen and oxygen atoms in total. The summed E-state index contributed by atoms with van der Waals surface area (Å²) in [4.78, 5) is 53.9. The molecule has 2 amide bonds. The van der Waals surface area contributed by atoms with Crippen LogP contribution in [0.15, 0.2) is 60.8 Å². The zero-order valence-electron chi connectivity index (χ0n) is 25.8. The number of rotatable bonds is 15. The van der Waals surface area contributed by atoms with E-state index in [4.69, 9.17) is 19.9 Å². The lowest BCUT2D eigenvalue weighted by molar-refractivity contribution is -0.149. The minimum absolute atomic E-state index is 0.0674. The zero-order chi connectivity index (χ0) is 32.3. The van der Waals surface area contributed by atoms with Crippen molar-refractivity contribution in [1.82, 2.24) is 20.9 Å². The highest BCUT2D eigenvalue weighted by molar-refractivity contribution is 5.84. The molecule has 1 aromatic heterocycles. The summed E-state index contributed by atoms with van der Waals surface area (Å²) in [6.45, 7) is 5.33. The van der Waals surface area contributed by atoms with Crippen molar-refractivity contribution in [2.24, 2.45) is 5.73 Å². The summed E-state index contributed by atoms with van der Waals surface area (Å²) < 4.78 is 15.4. The van der Waals surface area contributed by atoms with Crippen molar-refractivity contribution >= 4 is 34.8 Å². The van der Waals surface area contributed by atoms with Crippen LogP contribution < -0.4 is 21.7 Å². The lowest BCUT2D eigenvalue weighted by Crippen LogP contribution is -2.61. The fourth-order valence-electron chi connectivity index (χ4n) is 4.86. The Morgan fingerprint density at radius 2 is 1.57 bits per heavy atom. The predicted molar refractivity (Wildman–Crippen MR) is 166 cm³/mol. The lowest BCUT2D eigenvalue weighted by Gasteiger charge is -2.33. The molecular weight excluding hydrogens is 566 g/mol. The quantitative estimate of drug-likeness (QED) is 0.128. The molecule has 0 fully saturated rings. The molecule has 0 aliphatic carbocycles. The number of carbonyl (C=O) groups is 4. The second-order valence-electron chi connectivity index (χ2n) is 11.5. The van der Waals surface area contributed by atoms with E-state index in [1.165, 1.54) is 14.2 Å². The van der Waals surface area contributed by atoms with Crippen LogP contribution in [-0.2, 0) is 41.4 Å². The number of benzene rings is 2. The number of methoxy groups -OCH3 is 2. The number of aromatic amines is 1. The summed E-state index contributed by atoms with van der Waals surface area (Å²) in [7, 11) is 2.44. The van der Waals surface area contributed by atoms with Crippen LogP contribution >= 0.6 is 0 Å². The summed E-state index contributed by atoms with van der Waals surface area (Å²) in [6.07, 6.45) is 1.47. The van der Waals surface area contributed by atoms with Gasteiger partial charge in [-0.2, -0.15) is 0 Å². The number of esters is 2. The third kappa shape index (κ3) is 10.4. The number of ether oxygens (including phenoxy) is 3. The zero-order valence-corrected chi connectivity index (χ0v) is 25.8. The number of fused-ring (bicyclic) bond motifs is 1. The lowest BCUT2D eigenvalue weighted by atomic mass is 9.96. The number of hydrogen-bond donors (Lipinski definition) is 5. The number of carbonyl (C=O) groups excluding carboxylic acids is 4. The van der Waals surface area contributed by atoms with Crippen molar-refractivity contribution in [2.45, 2.75) is 69.8 Å². The Morgan fingerprint density at radius 1 is 0.886 bits per heavy atom. The first-order chi connectivity index (χ1) is 20.9. The van der Waals surface area contributed by atoms with Crippen LogP contribution in [-0.4, -0.2) is 79.5 Å². The number of para-hydroxylation sites is 1. The molecule has 238 valence electrons. The predicted octanol–water partition coefficient (Wildman–Crippen LogP) is 2.35. The van der Waals surface area contributed by atoms with E-state index in [0.29, 0.717) is 12.8 Å². The van der Waals surface area contributed by atoms with Gasteiger partial charge in [0.25, 0.3) is 0 Å². The fraction of sp³-hybridized carbons (Fsp3) is 0.438. The number of primary amides is 1. The number of hydrogen-bond acceptors (Lipinski definition) is 9. The van der Waals surface area contributed by atoms with Crippen LogP contribution in [0.2, 0.25) is 0 Å². The smallest absolute Gasteiger partial charge is 0.407 e. The molecule has 1 heterocycles. The Hall–Kier alpha value is -4.42. The maximum Gasteiger partial charge on any atom is 0.407 e. The van der Waals surface area contributed by atoms with E-state index >= 15 is 0 Å². The van der Waals surface area contributed by atoms with Crippen LogP contribution in [0.3, 0.4) is 0 Å². The minimum Gasteiger partial charge on any atom is -0.469 e. The third-order valence-electron chi connectivity index (χ3n) is 7.01. The summed E-state index contributed by atoms with van der Waals surface area (Å²) in [5, 5.41) is 10.3. The molecule has 44 heavy (non-hydrogen) atoms. The second-order valence-corrected chi connectivity index (χ2v) is 11.5. The molecule has 3 rings (SSSR count). The number of amides is 2.